The molecule has 170 valence electrons. The van der Waals surface area contributed by atoms with Crippen molar-refractivity contribution in [1.29, 1.82) is 0 Å². The van der Waals surface area contributed by atoms with Gasteiger partial charge < -0.3 is 5.32 Å². The standard InChI is InChI=1S/C27H29N3O3/c31-24-22-21(16-17-10-4-3-5-11-17)29-27(19-14-8-9-15-20(19)28-26(27)33)23(22)25(32)30(24)18-12-6-1-2-7-13-18/h3-5,8-11,14-15,18,21-23,29H,1-2,6-7,12-13,16H2,(H,28,33)/t21-,22+,23-,27+/m0/s1. The van der Waals surface area contributed by atoms with Gasteiger partial charge in [0.25, 0.3) is 0 Å². The first kappa shape index (κ1) is 20.6. The third kappa shape index (κ3) is 3.00. The van der Waals surface area contributed by atoms with Crippen LogP contribution in [-0.2, 0) is 26.3 Å². The Morgan fingerprint density at radius 2 is 1.55 bits per heavy atom. The van der Waals surface area contributed by atoms with Crippen LogP contribution in [0, 0.1) is 11.8 Å². The van der Waals surface area contributed by atoms with Crippen molar-refractivity contribution in [2.75, 3.05) is 5.32 Å². The number of imide groups is 1. The van der Waals surface area contributed by atoms with Crippen LogP contribution >= 0.6 is 0 Å². The predicted octanol–water partition coefficient (Wildman–Crippen LogP) is 3.37. The molecule has 6 rings (SSSR count). The van der Waals surface area contributed by atoms with Gasteiger partial charge in [0.2, 0.25) is 17.7 Å². The number of hydrogen-bond donors (Lipinski definition) is 2. The van der Waals surface area contributed by atoms with E-state index in [1.54, 1.807) is 4.90 Å². The molecule has 6 heteroatoms. The number of para-hydroxylation sites is 1. The summed E-state index contributed by atoms with van der Waals surface area (Å²) in [5.41, 5.74) is 1.39. The summed E-state index contributed by atoms with van der Waals surface area (Å²) in [5, 5.41) is 6.52. The van der Waals surface area contributed by atoms with Crippen molar-refractivity contribution in [2.24, 2.45) is 11.8 Å². The zero-order valence-electron chi connectivity index (χ0n) is 18.6. The van der Waals surface area contributed by atoms with Gasteiger partial charge in [-0.25, -0.2) is 0 Å². The van der Waals surface area contributed by atoms with Gasteiger partial charge in [-0.3, -0.25) is 24.6 Å². The molecule has 0 unspecified atom stereocenters. The highest BCUT2D eigenvalue weighted by atomic mass is 16.2. The molecule has 2 aromatic carbocycles. The Kier molecular flexibility index (Phi) is 4.87. The molecule has 1 saturated carbocycles. The molecule has 0 radical (unpaired) electrons. The molecule has 2 N–H and O–H groups in total. The van der Waals surface area contributed by atoms with Crippen LogP contribution in [0.2, 0.25) is 0 Å². The van der Waals surface area contributed by atoms with Crippen molar-refractivity contribution in [3.05, 3.63) is 65.7 Å². The number of fused-ring (bicyclic) bond motifs is 4. The van der Waals surface area contributed by atoms with Crippen molar-refractivity contribution in [3.63, 3.8) is 0 Å². The minimum atomic E-state index is -1.20. The molecule has 1 spiro atoms. The topological polar surface area (TPSA) is 78.5 Å². The van der Waals surface area contributed by atoms with E-state index >= 15 is 0 Å². The van der Waals surface area contributed by atoms with E-state index in [2.05, 4.69) is 10.6 Å². The lowest BCUT2D eigenvalue weighted by Crippen LogP contribution is -2.54. The Morgan fingerprint density at radius 3 is 2.30 bits per heavy atom. The smallest absolute Gasteiger partial charge is 0.250 e. The third-order valence-electron chi connectivity index (χ3n) is 8.14. The summed E-state index contributed by atoms with van der Waals surface area (Å²) in [7, 11) is 0. The molecule has 0 aromatic heterocycles. The molecule has 3 fully saturated rings. The van der Waals surface area contributed by atoms with E-state index in [0.29, 0.717) is 6.42 Å². The number of carbonyl (C=O) groups excluding carboxylic acids is 3. The molecular formula is C27H29N3O3. The van der Waals surface area contributed by atoms with Crippen LogP contribution in [0.3, 0.4) is 0 Å². The lowest BCUT2D eigenvalue weighted by Gasteiger charge is -2.32. The van der Waals surface area contributed by atoms with Crippen molar-refractivity contribution in [3.8, 4) is 0 Å². The first-order valence-corrected chi connectivity index (χ1v) is 12.2. The molecule has 0 bridgehead atoms. The maximum absolute atomic E-state index is 14.0. The van der Waals surface area contributed by atoms with Gasteiger partial charge in [-0.05, 0) is 30.9 Å². The van der Waals surface area contributed by atoms with Gasteiger partial charge in [0.1, 0.15) is 5.54 Å². The van der Waals surface area contributed by atoms with Gasteiger partial charge >= 0.3 is 0 Å². The van der Waals surface area contributed by atoms with E-state index in [4.69, 9.17) is 0 Å². The van der Waals surface area contributed by atoms with Crippen molar-refractivity contribution in [1.82, 2.24) is 10.2 Å². The maximum atomic E-state index is 14.0. The number of rotatable bonds is 3. The highest BCUT2D eigenvalue weighted by Crippen LogP contribution is 2.53. The van der Waals surface area contributed by atoms with E-state index in [0.717, 1.165) is 55.3 Å². The fourth-order valence-corrected chi connectivity index (χ4v) is 6.70. The molecule has 2 saturated heterocycles. The average Bonchev–Trinajstić information content (AvgIpc) is 3.28. The van der Waals surface area contributed by atoms with Gasteiger partial charge in [0, 0.05) is 23.3 Å². The Labute approximate surface area is 193 Å². The van der Waals surface area contributed by atoms with Gasteiger partial charge in [0.05, 0.1) is 11.8 Å². The summed E-state index contributed by atoms with van der Waals surface area (Å²) in [5.74, 6) is -1.76. The summed E-state index contributed by atoms with van der Waals surface area (Å²) in [6.45, 7) is 0. The SMILES string of the molecule is O=C1[C@@H]2[C@H](Cc3ccccc3)N[C@@]3(C(=O)Nc4ccccc43)[C@@H]2C(=O)N1C1CCCCCC1. The van der Waals surface area contributed by atoms with E-state index in [-0.39, 0.29) is 29.8 Å². The van der Waals surface area contributed by atoms with Crippen molar-refractivity contribution < 1.29 is 14.4 Å². The van der Waals surface area contributed by atoms with Crippen molar-refractivity contribution in [2.45, 2.75) is 62.6 Å². The zero-order chi connectivity index (χ0) is 22.6. The van der Waals surface area contributed by atoms with Gasteiger partial charge in [-0.1, -0.05) is 74.2 Å². The molecule has 33 heavy (non-hydrogen) atoms. The second-order valence-electron chi connectivity index (χ2n) is 9.94. The minimum absolute atomic E-state index is 0.0489. The summed E-state index contributed by atoms with van der Waals surface area (Å²) in [4.78, 5) is 43.0. The Bertz CT molecular complexity index is 1110. The number of amides is 3. The summed E-state index contributed by atoms with van der Waals surface area (Å²) < 4.78 is 0. The number of benzene rings is 2. The van der Waals surface area contributed by atoms with E-state index in [1.807, 2.05) is 54.6 Å². The van der Waals surface area contributed by atoms with Crippen LogP contribution in [0.15, 0.2) is 54.6 Å². The van der Waals surface area contributed by atoms with Crippen LogP contribution in [-0.4, -0.2) is 34.7 Å². The first-order chi connectivity index (χ1) is 16.1. The maximum Gasteiger partial charge on any atom is 0.250 e. The first-order valence-electron chi connectivity index (χ1n) is 12.2. The lowest BCUT2D eigenvalue weighted by atomic mass is 9.76. The molecule has 3 aliphatic heterocycles. The molecule has 3 amide bonds. The summed E-state index contributed by atoms with van der Waals surface area (Å²) in [6.07, 6.45) is 6.70. The molecule has 6 nitrogen and oxygen atoms in total. The molecule has 1 aliphatic carbocycles. The molecule has 3 heterocycles. The fraction of sp³-hybridized carbons (Fsp3) is 0.444. The quantitative estimate of drug-likeness (QED) is 0.563. The number of nitrogens with zero attached hydrogens (tertiary/aromatic N) is 1. The van der Waals surface area contributed by atoms with Gasteiger partial charge in [0.15, 0.2) is 0 Å². The molecule has 4 atom stereocenters. The second kappa shape index (κ2) is 7.80. The number of nitrogens with one attached hydrogen (secondary N) is 2. The van der Waals surface area contributed by atoms with Gasteiger partial charge in [-0.2, -0.15) is 0 Å². The van der Waals surface area contributed by atoms with Crippen LogP contribution in [0.5, 0.6) is 0 Å². The number of hydrogen-bond acceptors (Lipinski definition) is 4. The predicted molar refractivity (Wildman–Crippen MR) is 124 cm³/mol. The Hall–Kier alpha value is -2.99. The normalized spacial score (nSPS) is 31.6. The summed E-state index contributed by atoms with van der Waals surface area (Å²) in [6, 6.07) is 17.2. The van der Waals surface area contributed by atoms with Crippen LogP contribution in [0.25, 0.3) is 0 Å². The van der Waals surface area contributed by atoms with Crippen molar-refractivity contribution >= 4 is 23.4 Å². The largest absolute Gasteiger partial charge is 0.324 e. The zero-order valence-corrected chi connectivity index (χ0v) is 18.6. The Morgan fingerprint density at radius 1 is 0.848 bits per heavy atom. The third-order valence-corrected chi connectivity index (χ3v) is 8.14. The minimum Gasteiger partial charge on any atom is -0.324 e. The van der Waals surface area contributed by atoms with Crippen LogP contribution in [0.4, 0.5) is 5.69 Å². The van der Waals surface area contributed by atoms with Gasteiger partial charge in [-0.15, -0.1) is 0 Å². The number of carbonyl (C=O) groups is 3. The average molecular weight is 444 g/mol. The molecule has 4 aliphatic rings. The van der Waals surface area contributed by atoms with E-state index in [9.17, 15) is 14.4 Å². The molecule has 2 aromatic rings. The Balaban J connectivity index is 1.45. The van der Waals surface area contributed by atoms with E-state index < -0.39 is 17.4 Å². The van der Waals surface area contributed by atoms with Crippen LogP contribution in [0.1, 0.15) is 49.7 Å². The lowest BCUT2D eigenvalue weighted by molar-refractivity contribution is -0.145. The molecular weight excluding hydrogens is 414 g/mol. The highest BCUT2D eigenvalue weighted by molar-refractivity contribution is 6.15. The fourth-order valence-electron chi connectivity index (χ4n) is 6.70. The van der Waals surface area contributed by atoms with Crippen LogP contribution < -0.4 is 10.6 Å². The number of likely N-dealkylation sites (tertiary alicyclic amines) is 1. The monoisotopic (exact) mass is 443 g/mol. The van der Waals surface area contributed by atoms with E-state index in [1.165, 1.54) is 0 Å². The second-order valence-corrected chi connectivity index (χ2v) is 9.94. The summed E-state index contributed by atoms with van der Waals surface area (Å²) >= 11 is 0. The highest BCUT2D eigenvalue weighted by Gasteiger charge is 2.70. The number of anilines is 1.